The molecule has 1 saturated heterocycles. The number of hydrogen-bond donors (Lipinski definition) is 1. The zero-order chi connectivity index (χ0) is 32.1. The van der Waals surface area contributed by atoms with Crippen LogP contribution in [0.5, 0.6) is 0 Å². The van der Waals surface area contributed by atoms with E-state index in [-0.39, 0.29) is 27.4 Å². The largest absolute Gasteiger partial charge is 0.460 e. The highest BCUT2D eigenvalue weighted by Crippen LogP contribution is 2.51. The first-order valence-electron chi connectivity index (χ1n) is 14.8. The van der Waals surface area contributed by atoms with Crippen molar-refractivity contribution in [1.29, 1.82) is 0 Å². The monoisotopic (exact) mass is 630 g/mol. The number of aliphatic hydroxyl groups is 1. The van der Waals surface area contributed by atoms with Gasteiger partial charge in [0.25, 0.3) is 0 Å². The van der Waals surface area contributed by atoms with E-state index < -0.39 is 37.2 Å². The van der Waals surface area contributed by atoms with E-state index in [4.69, 9.17) is 13.9 Å². The van der Waals surface area contributed by atoms with Crippen LogP contribution in [0.1, 0.15) is 102 Å². The number of ether oxygens (including phenoxy) is 2. The molecule has 6 nitrogen and oxygen atoms in total. The van der Waals surface area contributed by atoms with Gasteiger partial charge in [-0.1, -0.05) is 45.9 Å². The second-order valence-electron chi connectivity index (χ2n) is 14.9. The van der Waals surface area contributed by atoms with Gasteiger partial charge in [-0.3, -0.25) is 4.79 Å². The SMILES string of the molecule is C=C(C/C=C/[C@@](O[Si](C)(C)C(C)(C)C)(C(=O)OC(C)(C)C)[C@H](O)[C@@H](C)C1(C)SCCCS1)CCC(=O)OC(C)(C)C. The first kappa shape index (κ1) is 38.3. The average Bonchev–Trinajstić information content (AvgIpc) is 2.78. The van der Waals surface area contributed by atoms with E-state index in [1.54, 1.807) is 6.08 Å². The molecule has 1 fully saturated rings. The molecule has 0 radical (unpaired) electrons. The lowest BCUT2D eigenvalue weighted by atomic mass is 9.85. The van der Waals surface area contributed by atoms with Gasteiger partial charge in [-0.2, -0.15) is 0 Å². The molecule has 0 aromatic heterocycles. The second kappa shape index (κ2) is 14.4. The molecule has 0 saturated carbocycles. The summed E-state index contributed by atoms with van der Waals surface area (Å²) in [5, 5.41) is 12.0. The minimum absolute atomic E-state index is 0.216. The molecule has 1 heterocycles. The summed E-state index contributed by atoms with van der Waals surface area (Å²) in [5.74, 6) is 0.883. The number of rotatable bonds is 12. The standard InChI is InChI=1S/C32H58O6S2Si/c1-23(18-19-25(33)36-28(3,4)5)17-15-20-32(27(35)37-29(6,7)8,38-41(13,14)30(9,10)11)26(34)24(2)31(12)39-21-16-22-40-31/h15,20,24,26,34H,1,16-19,21-22H2,2-14H3/b20-15+/t24-,26-,32+/m1/s1. The molecule has 238 valence electrons. The summed E-state index contributed by atoms with van der Waals surface area (Å²) in [4.78, 5) is 26.4. The summed E-state index contributed by atoms with van der Waals surface area (Å²) in [6.45, 7) is 29.9. The highest BCUT2D eigenvalue weighted by atomic mass is 32.2. The number of hydrogen-bond acceptors (Lipinski definition) is 8. The fraction of sp³-hybridized carbons (Fsp3) is 0.812. The number of allylic oxidation sites excluding steroid dienone is 2. The second-order valence-corrected chi connectivity index (χ2v) is 23.0. The maximum atomic E-state index is 14.2. The zero-order valence-corrected chi connectivity index (χ0v) is 30.7. The number of carbonyl (C=O) groups is 2. The predicted octanol–water partition coefficient (Wildman–Crippen LogP) is 8.30. The molecule has 0 aromatic rings. The van der Waals surface area contributed by atoms with E-state index in [2.05, 4.69) is 47.4 Å². The third-order valence-electron chi connectivity index (χ3n) is 7.63. The molecule has 0 amide bonds. The Hall–Kier alpha value is -0.743. The van der Waals surface area contributed by atoms with Crippen molar-refractivity contribution in [3.05, 3.63) is 24.3 Å². The van der Waals surface area contributed by atoms with Gasteiger partial charge < -0.3 is 19.0 Å². The molecule has 3 atom stereocenters. The van der Waals surface area contributed by atoms with Gasteiger partial charge in [0.2, 0.25) is 0 Å². The smallest absolute Gasteiger partial charge is 0.344 e. The van der Waals surface area contributed by atoms with E-state index in [9.17, 15) is 14.7 Å². The average molecular weight is 631 g/mol. The van der Waals surface area contributed by atoms with Crippen LogP contribution >= 0.6 is 23.5 Å². The van der Waals surface area contributed by atoms with Crippen LogP contribution in [0.25, 0.3) is 0 Å². The molecule has 41 heavy (non-hydrogen) atoms. The predicted molar refractivity (Wildman–Crippen MR) is 178 cm³/mol. The fourth-order valence-corrected chi connectivity index (χ4v) is 8.71. The summed E-state index contributed by atoms with van der Waals surface area (Å²) in [7, 11) is -2.60. The summed E-state index contributed by atoms with van der Waals surface area (Å²) in [6.07, 6.45) is 4.64. The van der Waals surface area contributed by atoms with Gasteiger partial charge >= 0.3 is 11.9 Å². The third kappa shape index (κ3) is 11.7. The third-order valence-corrected chi connectivity index (χ3v) is 15.7. The number of thioether (sulfide) groups is 2. The summed E-state index contributed by atoms with van der Waals surface area (Å²) < 4.78 is 18.1. The van der Waals surface area contributed by atoms with Crippen LogP contribution in [0.4, 0.5) is 0 Å². The maximum absolute atomic E-state index is 14.2. The maximum Gasteiger partial charge on any atom is 0.344 e. The van der Waals surface area contributed by atoms with Gasteiger partial charge in [-0.05, 0) is 103 Å². The van der Waals surface area contributed by atoms with E-state index >= 15 is 0 Å². The Balaban J connectivity index is 3.51. The van der Waals surface area contributed by atoms with Crippen LogP contribution in [-0.4, -0.2) is 63.9 Å². The summed E-state index contributed by atoms with van der Waals surface area (Å²) in [5.41, 5.74) is -2.19. The van der Waals surface area contributed by atoms with Gasteiger partial charge in [0.1, 0.15) is 17.3 Å². The highest BCUT2D eigenvalue weighted by Gasteiger charge is 2.57. The van der Waals surface area contributed by atoms with Crippen molar-refractivity contribution in [3.8, 4) is 0 Å². The van der Waals surface area contributed by atoms with Gasteiger partial charge in [-0.15, -0.1) is 23.5 Å². The van der Waals surface area contributed by atoms with Gasteiger partial charge in [0, 0.05) is 12.3 Å². The molecule has 1 rings (SSSR count). The molecular formula is C32H58O6S2Si. The fourth-order valence-electron chi connectivity index (χ4n) is 4.10. The molecule has 0 spiro atoms. The van der Waals surface area contributed by atoms with E-state index in [0.717, 1.165) is 23.5 Å². The molecule has 0 unspecified atom stereocenters. The van der Waals surface area contributed by atoms with Gasteiger partial charge in [0.05, 0.1) is 4.08 Å². The Kier molecular flexibility index (Phi) is 13.4. The highest BCUT2D eigenvalue weighted by molar-refractivity contribution is 8.18. The van der Waals surface area contributed by atoms with Crippen molar-refractivity contribution >= 4 is 43.8 Å². The van der Waals surface area contributed by atoms with E-state index in [1.165, 1.54) is 0 Å². The molecule has 0 bridgehead atoms. The number of esters is 2. The Morgan fingerprint density at radius 1 is 0.976 bits per heavy atom. The first-order chi connectivity index (χ1) is 18.4. The van der Waals surface area contributed by atoms with Crippen LogP contribution in [-0.2, 0) is 23.5 Å². The van der Waals surface area contributed by atoms with Gasteiger partial charge in [0.15, 0.2) is 13.9 Å². The summed E-state index contributed by atoms with van der Waals surface area (Å²) >= 11 is 3.67. The number of aliphatic hydroxyl groups excluding tert-OH is 1. The van der Waals surface area contributed by atoms with Crippen LogP contribution < -0.4 is 0 Å². The van der Waals surface area contributed by atoms with Crippen molar-refractivity contribution in [1.82, 2.24) is 0 Å². The van der Waals surface area contributed by atoms with E-state index in [0.29, 0.717) is 12.8 Å². The molecule has 0 aliphatic carbocycles. The van der Waals surface area contributed by atoms with Crippen LogP contribution in [0.3, 0.4) is 0 Å². The first-order valence-corrected chi connectivity index (χ1v) is 19.7. The minimum atomic E-state index is -2.60. The lowest BCUT2D eigenvalue weighted by Gasteiger charge is -2.49. The topological polar surface area (TPSA) is 82.1 Å². The lowest BCUT2D eigenvalue weighted by Crippen LogP contribution is -2.63. The Morgan fingerprint density at radius 3 is 1.95 bits per heavy atom. The summed E-state index contributed by atoms with van der Waals surface area (Å²) in [6, 6.07) is 0. The van der Waals surface area contributed by atoms with Crippen LogP contribution in [0, 0.1) is 5.92 Å². The van der Waals surface area contributed by atoms with Crippen molar-refractivity contribution in [3.63, 3.8) is 0 Å². The van der Waals surface area contributed by atoms with Crippen molar-refractivity contribution in [2.45, 2.75) is 147 Å². The van der Waals surface area contributed by atoms with Crippen molar-refractivity contribution < 1.29 is 28.6 Å². The minimum Gasteiger partial charge on any atom is -0.460 e. The molecule has 0 aromatic carbocycles. The molecular weight excluding hydrogens is 573 g/mol. The van der Waals surface area contributed by atoms with E-state index in [1.807, 2.05) is 78.1 Å². The van der Waals surface area contributed by atoms with Crippen LogP contribution in [0.15, 0.2) is 24.3 Å². The van der Waals surface area contributed by atoms with Crippen molar-refractivity contribution in [2.75, 3.05) is 11.5 Å². The quantitative estimate of drug-likeness (QED) is 0.131. The van der Waals surface area contributed by atoms with Gasteiger partial charge in [-0.25, -0.2) is 4.79 Å². The Morgan fingerprint density at radius 2 is 1.49 bits per heavy atom. The normalized spacial score (nSPS) is 19.8. The Bertz CT molecular complexity index is 935. The molecule has 1 aliphatic heterocycles. The Labute approximate surface area is 260 Å². The van der Waals surface area contributed by atoms with Crippen LogP contribution in [0.2, 0.25) is 18.1 Å². The van der Waals surface area contributed by atoms with Crippen molar-refractivity contribution in [2.24, 2.45) is 5.92 Å². The lowest BCUT2D eigenvalue weighted by molar-refractivity contribution is -0.182. The zero-order valence-electron chi connectivity index (χ0n) is 28.1. The molecule has 1 N–H and O–H groups in total. The molecule has 1 aliphatic rings. The molecule has 9 heteroatoms. The number of carbonyl (C=O) groups excluding carboxylic acids is 2.